The molecule has 2 nitrogen and oxygen atoms in total. The van der Waals surface area contributed by atoms with E-state index in [1.54, 1.807) is 0 Å². The lowest BCUT2D eigenvalue weighted by atomic mass is 10.0. The Morgan fingerprint density at radius 2 is 2.08 bits per heavy atom. The van der Waals surface area contributed by atoms with Crippen LogP contribution in [0.2, 0.25) is 0 Å². The molecule has 1 aromatic heterocycles. The maximum absolute atomic E-state index is 5.64. The number of aryl methyl sites for hydroxylation is 1. The average molecular weight is 172 g/mol. The van der Waals surface area contributed by atoms with Crippen molar-refractivity contribution in [3.8, 4) is 0 Å². The van der Waals surface area contributed by atoms with Gasteiger partial charge >= 0.3 is 0 Å². The molecule has 2 N–H and O–H groups in total. The molecule has 0 radical (unpaired) electrons. The number of fused-ring (bicyclic) bond motifs is 1. The Labute approximate surface area is 77.4 Å². The molecule has 0 atom stereocenters. The third kappa shape index (κ3) is 1.29. The molecule has 1 heterocycles. The molecule has 0 saturated heterocycles. The molecule has 0 amide bonds. The van der Waals surface area contributed by atoms with E-state index in [1.807, 2.05) is 18.5 Å². The lowest BCUT2D eigenvalue weighted by molar-refractivity contribution is 1.08. The van der Waals surface area contributed by atoms with E-state index in [4.69, 9.17) is 5.73 Å². The Hall–Kier alpha value is -1.41. The van der Waals surface area contributed by atoms with Gasteiger partial charge in [0.2, 0.25) is 0 Å². The first-order chi connectivity index (χ1) is 6.33. The van der Waals surface area contributed by atoms with Crippen molar-refractivity contribution in [1.29, 1.82) is 0 Å². The van der Waals surface area contributed by atoms with E-state index in [2.05, 4.69) is 24.0 Å². The van der Waals surface area contributed by atoms with Crippen LogP contribution in [0.4, 0.5) is 0 Å². The van der Waals surface area contributed by atoms with Crippen LogP contribution in [-0.2, 0) is 6.54 Å². The monoisotopic (exact) mass is 172 g/mol. The maximum Gasteiger partial charge on any atom is 0.0349 e. The summed E-state index contributed by atoms with van der Waals surface area (Å²) in [5.41, 5.74) is 8.07. The molecule has 0 unspecified atom stereocenters. The molecule has 0 bridgehead atoms. The third-order valence-corrected chi connectivity index (χ3v) is 2.35. The minimum atomic E-state index is 0.572. The van der Waals surface area contributed by atoms with Gasteiger partial charge in [-0.25, -0.2) is 0 Å². The van der Waals surface area contributed by atoms with Crippen LogP contribution in [-0.4, -0.2) is 4.98 Å². The first-order valence-corrected chi connectivity index (χ1v) is 4.35. The summed E-state index contributed by atoms with van der Waals surface area (Å²) in [5, 5.41) is 2.42. The van der Waals surface area contributed by atoms with Gasteiger partial charge in [0.1, 0.15) is 0 Å². The second kappa shape index (κ2) is 3.15. The van der Waals surface area contributed by atoms with Crippen LogP contribution in [0.15, 0.2) is 30.6 Å². The van der Waals surface area contributed by atoms with Crippen LogP contribution < -0.4 is 5.73 Å². The van der Waals surface area contributed by atoms with E-state index in [0.717, 1.165) is 5.56 Å². The first-order valence-electron chi connectivity index (χ1n) is 4.35. The van der Waals surface area contributed by atoms with E-state index in [9.17, 15) is 0 Å². The van der Waals surface area contributed by atoms with Crippen molar-refractivity contribution in [1.82, 2.24) is 4.98 Å². The van der Waals surface area contributed by atoms with Crippen molar-refractivity contribution in [2.75, 3.05) is 0 Å². The van der Waals surface area contributed by atoms with E-state index in [0.29, 0.717) is 6.54 Å². The molecule has 2 rings (SSSR count). The van der Waals surface area contributed by atoms with Gasteiger partial charge in [-0.1, -0.05) is 12.1 Å². The smallest absolute Gasteiger partial charge is 0.0349 e. The summed E-state index contributed by atoms with van der Waals surface area (Å²) < 4.78 is 0. The molecule has 66 valence electrons. The highest BCUT2D eigenvalue weighted by atomic mass is 14.6. The van der Waals surface area contributed by atoms with E-state index < -0.39 is 0 Å². The summed E-state index contributed by atoms with van der Waals surface area (Å²) in [4.78, 5) is 4.11. The van der Waals surface area contributed by atoms with Gasteiger partial charge in [-0.2, -0.15) is 0 Å². The van der Waals surface area contributed by atoms with Crippen molar-refractivity contribution in [3.05, 3.63) is 41.7 Å². The molecule has 1 aromatic carbocycles. The number of rotatable bonds is 1. The molecule has 0 spiro atoms. The Balaban J connectivity index is 2.84. The summed E-state index contributed by atoms with van der Waals surface area (Å²) in [6, 6.07) is 6.20. The molecule has 0 fully saturated rings. The molecule has 0 aliphatic carbocycles. The van der Waals surface area contributed by atoms with Crippen LogP contribution in [0, 0.1) is 6.92 Å². The van der Waals surface area contributed by atoms with Gasteiger partial charge in [0.05, 0.1) is 0 Å². The van der Waals surface area contributed by atoms with Gasteiger partial charge in [0.25, 0.3) is 0 Å². The lowest BCUT2D eigenvalue weighted by Gasteiger charge is -2.05. The van der Waals surface area contributed by atoms with E-state index in [1.165, 1.54) is 16.3 Å². The molecule has 0 aliphatic heterocycles. The van der Waals surface area contributed by atoms with Crippen LogP contribution in [0.3, 0.4) is 0 Å². The Kier molecular flexibility index (Phi) is 1.99. The Bertz CT molecular complexity index is 435. The maximum atomic E-state index is 5.64. The van der Waals surface area contributed by atoms with Crippen LogP contribution in [0.5, 0.6) is 0 Å². The zero-order valence-electron chi connectivity index (χ0n) is 7.62. The second-order valence-electron chi connectivity index (χ2n) is 3.17. The van der Waals surface area contributed by atoms with Crippen molar-refractivity contribution in [2.24, 2.45) is 5.73 Å². The van der Waals surface area contributed by atoms with Crippen LogP contribution in [0.25, 0.3) is 10.8 Å². The first kappa shape index (κ1) is 8.20. The fraction of sp³-hybridized carbons (Fsp3) is 0.182. The zero-order chi connectivity index (χ0) is 9.26. The predicted octanol–water partition coefficient (Wildman–Crippen LogP) is 2.00. The summed E-state index contributed by atoms with van der Waals surface area (Å²) in [6.45, 7) is 2.67. The summed E-state index contributed by atoms with van der Waals surface area (Å²) in [6.07, 6.45) is 3.69. The zero-order valence-corrected chi connectivity index (χ0v) is 7.62. The number of hydrogen-bond acceptors (Lipinski definition) is 2. The second-order valence-corrected chi connectivity index (χ2v) is 3.17. The number of hydrogen-bond donors (Lipinski definition) is 1. The highest BCUT2D eigenvalue weighted by molar-refractivity contribution is 5.87. The topological polar surface area (TPSA) is 38.9 Å². The number of nitrogens with two attached hydrogens (primary N) is 1. The standard InChI is InChI=1S/C11H12N2/c1-8-2-3-9(6-12)11-7-13-5-4-10(8)11/h2-5,7H,6,12H2,1H3. The fourth-order valence-electron chi connectivity index (χ4n) is 1.58. The summed E-state index contributed by atoms with van der Waals surface area (Å²) in [5.74, 6) is 0. The molecule has 2 aromatic rings. The highest BCUT2D eigenvalue weighted by Crippen LogP contribution is 2.20. The molecule has 0 aliphatic rings. The number of pyridine rings is 1. The number of benzene rings is 1. The van der Waals surface area contributed by atoms with E-state index >= 15 is 0 Å². The van der Waals surface area contributed by atoms with Gasteiger partial charge in [-0.15, -0.1) is 0 Å². The summed E-state index contributed by atoms with van der Waals surface area (Å²) >= 11 is 0. The van der Waals surface area contributed by atoms with Crippen molar-refractivity contribution in [2.45, 2.75) is 13.5 Å². The molecule has 0 saturated carbocycles. The molecular formula is C11H12N2. The lowest BCUT2D eigenvalue weighted by Crippen LogP contribution is -1.97. The van der Waals surface area contributed by atoms with E-state index in [-0.39, 0.29) is 0 Å². The Morgan fingerprint density at radius 3 is 2.85 bits per heavy atom. The van der Waals surface area contributed by atoms with Gasteiger partial charge in [-0.05, 0) is 29.5 Å². The van der Waals surface area contributed by atoms with Gasteiger partial charge < -0.3 is 5.73 Å². The minimum absolute atomic E-state index is 0.572. The van der Waals surface area contributed by atoms with Crippen molar-refractivity contribution in [3.63, 3.8) is 0 Å². The normalized spacial score (nSPS) is 10.6. The van der Waals surface area contributed by atoms with Gasteiger partial charge in [-0.3, -0.25) is 4.98 Å². The Morgan fingerprint density at radius 1 is 1.23 bits per heavy atom. The van der Waals surface area contributed by atoms with Crippen LogP contribution >= 0.6 is 0 Å². The third-order valence-electron chi connectivity index (χ3n) is 2.35. The quantitative estimate of drug-likeness (QED) is 0.714. The predicted molar refractivity (Wildman–Crippen MR) is 54.4 cm³/mol. The van der Waals surface area contributed by atoms with Crippen molar-refractivity contribution < 1.29 is 0 Å². The average Bonchev–Trinajstić information content (AvgIpc) is 2.19. The fourth-order valence-corrected chi connectivity index (χ4v) is 1.58. The molecular weight excluding hydrogens is 160 g/mol. The van der Waals surface area contributed by atoms with Gasteiger partial charge in [0, 0.05) is 24.3 Å². The SMILES string of the molecule is Cc1ccc(CN)c2cnccc12. The summed E-state index contributed by atoms with van der Waals surface area (Å²) in [7, 11) is 0. The minimum Gasteiger partial charge on any atom is -0.326 e. The van der Waals surface area contributed by atoms with Crippen LogP contribution in [0.1, 0.15) is 11.1 Å². The number of nitrogens with zero attached hydrogens (tertiary/aromatic N) is 1. The largest absolute Gasteiger partial charge is 0.326 e. The highest BCUT2D eigenvalue weighted by Gasteiger charge is 2.00. The molecule has 2 heteroatoms. The number of aromatic nitrogens is 1. The van der Waals surface area contributed by atoms with Crippen molar-refractivity contribution >= 4 is 10.8 Å². The van der Waals surface area contributed by atoms with Gasteiger partial charge in [0.15, 0.2) is 0 Å². The molecule has 13 heavy (non-hydrogen) atoms.